The third-order valence-corrected chi connectivity index (χ3v) is 8.21. The fourth-order valence-corrected chi connectivity index (χ4v) is 5.80. The highest BCUT2D eigenvalue weighted by molar-refractivity contribution is 7.89. The van der Waals surface area contributed by atoms with Gasteiger partial charge in [0, 0.05) is 13.1 Å². The molecular formula is C25H34N2O4S. The lowest BCUT2D eigenvalue weighted by molar-refractivity contribution is 0.0936. The van der Waals surface area contributed by atoms with Crippen LogP contribution in [0, 0.1) is 20.8 Å². The molecule has 0 saturated carbocycles. The van der Waals surface area contributed by atoms with Gasteiger partial charge in [0.25, 0.3) is 5.91 Å². The summed E-state index contributed by atoms with van der Waals surface area (Å²) in [5.74, 6) is -0.0128. The zero-order valence-corrected chi connectivity index (χ0v) is 20.5. The van der Waals surface area contributed by atoms with Gasteiger partial charge in [0.2, 0.25) is 10.0 Å². The highest BCUT2D eigenvalue weighted by atomic mass is 32.2. The Morgan fingerprint density at radius 3 is 2.22 bits per heavy atom. The maximum absolute atomic E-state index is 13.2. The molecule has 1 saturated heterocycles. The number of sulfonamides is 1. The van der Waals surface area contributed by atoms with E-state index in [1.165, 1.54) is 29.1 Å². The van der Waals surface area contributed by atoms with E-state index in [9.17, 15) is 13.2 Å². The van der Waals surface area contributed by atoms with Crippen molar-refractivity contribution in [3.63, 3.8) is 0 Å². The van der Waals surface area contributed by atoms with Crippen LogP contribution in [0.2, 0.25) is 0 Å². The first-order chi connectivity index (χ1) is 15.1. The summed E-state index contributed by atoms with van der Waals surface area (Å²) in [7, 11) is -2.19. The van der Waals surface area contributed by atoms with E-state index in [1.54, 1.807) is 6.07 Å². The van der Waals surface area contributed by atoms with Crippen LogP contribution in [0.1, 0.15) is 71.3 Å². The van der Waals surface area contributed by atoms with Crippen LogP contribution < -0.4 is 10.1 Å². The van der Waals surface area contributed by atoms with E-state index >= 15 is 0 Å². The monoisotopic (exact) mass is 458 g/mol. The van der Waals surface area contributed by atoms with E-state index in [0.717, 1.165) is 42.4 Å². The van der Waals surface area contributed by atoms with Crippen molar-refractivity contribution in [2.45, 2.75) is 64.3 Å². The summed E-state index contributed by atoms with van der Waals surface area (Å²) >= 11 is 0. The van der Waals surface area contributed by atoms with Crippen molar-refractivity contribution in [2.75, 3.05) is 20.2 Å². The molecule has 1 N–H and O–H groups in total. The predicted molar refractivity (Wildman–Crippen MR) is 127 cm³/mol. The lowest BCUT2D eigenvalue weighted by Gasteiger charge is -2.22. The Hall–Kier alpha value is -2.38. The second-order valence-electron chi connectivity index (χ2n) is 8.67. The van der Waals surface area contributed by atoms with Crippen LogP contribution in [0.15, 0.2) is 35.2 Å². The number of rotatable bonds is 6. The molecule has 0 aromatic heterocycles. The maximum atomic E-state index is 13.2. The molecule has 174 valence electrons. The van der Waals surface area contributed by atoms with Crippen molar-refractivity contribution in [3.8, 4) is 5.75 Å². The molecule has 0 aliphatic carbocycles. The van der Waals surface area contributed by atoms with Gasteiger partial charge in [-0.1, -0.05) is 25.0 Å². The van der Waals surface area contributed by atoms with Crippen LogP contribution in [-0.4, -0.2) is 38.8 Å². The van der Waals surface area contributed by atoms with Gasteiger partial charge in [-0.25, -0.2) is 8.42 Å². The summed E-state index contributed by atoms with van der Waals surface area (Å²) in [6, 6.07) is 8.49. The summed E-state index contributed by atoms with van der Waals surface area (Å²) in [6.07, 6.45) is 3.79. The van der Waals surface area contributed by atoms with E-state index < -0.39 is 10.0 Å². The van der Waals surface area contributed by atoms with Crippen LogP contribution in [0.25, 0.3) is 0 Å². The molecule has 6 nitrogen and oxygen atoms in total. The van der Waals surface area contributed by atoms with Crippen LogP contribution in [0.4, 0.5) is 0 Å². The third kappa shape index (κ3) is 5.15. The van der Waals surface area contributed by atoms with E-state index in [0.29, 0.717) is 18.8 Å². The number of ether oxygens (including phenoxy) is 1. The van der Waals surface area contributed by atoms with Gasteiger partial charge in [-0.15, -0.1) is 0 Å². The Balaban J connectivity index is 1.89. The average molecular weight is 459 g/mol. The molecule has 1 fully saturated rings. The molecule has 2 aromatic rings. The minimum atomic E-state index is -3.67. The Labute approximate surface area is 192 Å². The fourth-order valence-electron chi connectivity index (χ4n) is 4.26. The summed E-state index contributed by atoms with van der Waals surface area (Å²) in [5, 5.41) is 3.02. The fraction of sp³-hybridized carbons (Fsp3) is 0.480. The molecule has 1 aliphatic rings. The van der Waals surface area contributed by atoms with Gasteiger partial charge in [-0.2, -0.15) is 4.31 Å². The molecule has 7 heteroatoms. The zero-order valence-electron chi connectivity index (χ0n) is 19.7. The van der Waals surface area contributed by atoms with Crippen LogP contribution >= 0.6 is 0 Å². The molecule has 1 aliphatic heterocycles. The van der Waals surface area contributed by atoms with E-state index in [-0.39, 0.29) is 22.4 Å². The van der Waals surface area contributed by atoms with E-state index in [4.69, 9.17) is 4.74 Å². The van der Waals surface area contributed by atoms with Crippen LogP contribution in [-0.2, 0) is 10.0 Å². The standard InChI is InChI=1S/C25H34N2O4S/c1-17-14-19(3)22(15-18(17)2)20(4)26-25(28)23-16-21(10-11-24(23)31-5)32(29,30)27-12-8-6-7-9-13-27/h10-11,14-16,20H,6-9,12-13H2,1-5H3,(H,26,28). The van der Waals surface area contributed by atoms with Crippen molar-refractivity contribution < 1.29 is 17.9 Å². The highest BCUT2D eigenvalue weighted by Crippen LogP contribution is 2.28. The SMILES string of the molecule is COc1ccc(S(=O)(=O)N2CCCCCC2)cc1C(=O)NC(C)c1cc(C)c(C)cc1C. The molecule has 0 radical (unpaired) electrons. The predicted octanol–water partition coefficient (Wildman–Crippen LogP) is 4.68. The number of nitrogens with one attached hydrogen (secondary N) is 1. The first-order valence-corrected chi connectivity index (χ1v) is 12.7. The van der Waals surface area contributed by atoms with Gasteiger partial charge in [-0.3, -0.25) is 4.79 Å². The Morgan fingerprint density at radius 1 is 0.969 bits per heavy atom. The summed E-state index contributed by atoms with van der Waals surface area (Å²) < 4.78 is 33.4. The van der Waals surface area contributed by atoms with Crippen molar-refractivity contribution in [1.29, 1.82) is 0 Å². The van der Waals surface area contributed by atoms with Crippen LogP contribution in [0.5, 0.6) is 5.75 Å². The molecule has 1 unspecified atom stereocenters. The number of nitrogens with zero attached hydrogens (tertiary/aromatic N) is 1. The quantitative estimate of drug-likeness (QED) is 0.682. The first kappa shape index (κ1) is 24.3. The number of benzene rings is 2. The Bertz CT molecular complexity index is 1090. The minimum Gasteiger partial charge on any atom is -0.496 e. The second kappa shape index (κ2) is 10.0. The van der Waals surface area contributed by atoms with Crippen molar-refractivity contribution >= 4 is 15.9 Å². The van der Waals surface area contributed by atoms with Gasteiger partial charge in [0.15, 0.2) is 0 Å². The van der Waals surface area contributed by atoms with Gasteiger partial charge in [0.05, 0.1) is 23.6 Å². The molecule has 2 aromatic carbocycles. The smallest absolute Gasteiger partial charge is 0.255 e. The molecular weight excluding hydrogens is 424 g/mol. The molecule has 0 spiro atoms. The third-order valence-electron chi connectivity index (χ3n) is 6.31. The summed E-state index contributed by atoms with van der Waals surface area (Å²) in [4.78, 5) is 13.3. The average Bonchev–Trinajstić information content (AvgIpc) is 3.05. The van der Waals surface area contributed by atoms with E-state index in [2.05, 4.69) is 24.4 Å². The van der Waals surface area contributed by atoms with Gasteiger partial charge >= 0.3 is 0 Å². The topological polar surface area (TPSA) is 75.7 Å². The van der Waals surface area contributed by atoms with Crippen LogP contribution in [0.3, 0.4) is 0 Å². The molecule has 3 rings (SSSR count). The normalized spacial score (nSPS) is 16.3. The maximum Gasteiger partial charge on any atom is 0.255 e. The molecule has 0 bridgehead atoms. The molecule has 1 amide bonds. The number of aryl methyl sites for hydroxylation is 3. The lowest BCUT2D eigenvalue weighted by atomic mass is 9.96. The number of carbonyl (C=O) groups excluding carboxylic acids is 1. The minimum absolute atomic E-state index is 0.125. The summed E-state index contributed by atoms with van der Waals surface area (Å²) in [6.45, 7) is 9.10. The molecule has 1 heterocycles. The van der Waals surface area contributed by atoms with Gasteiger partial charge < -0.3 is 10.1 Å². The lowest BCUT2D eigenvalue weighted by Crippen LogP contribution is -2.32. The number of carbonyl (C=O) groups is 1. The van der Waals surface area contributed by atoms with Crippen molar-refractivity contribution in [2.24, 2.45) is 0 Å². The van der Waals surface area contributed by atoms with E-state index in [1.807, 2.05) is 20.8 Å². The number of methoxy groups -OCH3 is 1. The van der Waals surface area contributed by atoms with Crippen molar-refractivity contribution in [1.82, 2.24) is 9.62 Å². The summed E-state index contributed by atoms with van der Waals surface area (Å²) in [5.41, 5.74) is 4.73. The molecule has 32 heavy (non-hydrogen) atoms. The Morgan fingerprint density at radius 2 is 1.59 bits per heavy atom. The highest BCUT2D eigenvalue weighted by Gasteiger charge is 2.27. The first-order valence-electron chi connectivity index (χ1n) is 11.2. The number of hydrogen-bond acceptors (Lipinski definition) is 4. The molecule has 1 atom stereocenters. The largest absolute Gasteiger partial charge is 0.496 e. The number of hydrogen-bond donors (Lipinski definition) is 1. The number of amides is 1. The van der Waals surface area contributed by atoms with Crippen molar-refractivity contribution in [3.05, 3.63) is 58.1 Å². The Kier molecular flexibility index (Phi) is 7.62. The zero-order chi connectivity index (χ0) is 23.5. The van der Waals surface area contributed by atoms with Gasteiger partial charge in [-0.05, 0) is 81.0 Å². The second-order valence-corrected chi connectivity index (χ2v) is 10.6. The van der Waals surface area contributed by atoms with Gasteiger partial charge in [0.1, 0.15) is 5.75 Å².